The van der Waals surface area contributed by atoms with Gasteiger partial charge in [-0.2, -0.15) is 13.2 Å². The highest BCUT2D eigenvalue weighted by atomic mass is 19.4. The SMILES string of the molecule is C[C@@H](O[C@H]1CC[C@@H]([C@H]2CCC(=O)N2C)[C@@H]1c1ccc(F)cc1)c1cc(CF)cc(C(F)(F)F)c1. The molecule has 0 radical (unpaired) electrons. The van der Waals surface area contributed by atoms with Crippen LogP contribution in [-0.4, -0.2) is 30.0 Å². The van der Waals surface area contributed by atoms with Crippen molar-refractivity contribution in [1.82, 2.24) is 4.90 Å². The second-order valence-corrected chi connectivity index (χ2v) is 9.34. The van der Waals surface area contributed by atoms with Crippen LogP contribution in [0.2, 0.25) is 0 Å². The average molecular weight is 482 g/mol. The number of hydrogen-bond donors (Lipinski definition) is 0. The zero-order chi connectivity index (χ0) is 24.6. The Balaban J connectivity index is 1.62. The van der Waals surface area contributed by atoms with Crippen molar-refractivity contribution < 1.29 is 31.5 Å². The van der Waals surface area contributed by atoms with Gasteiger partial charge < -0.3 is 9.64 Å². The molecule has 5 atom stereocenters. The van der Waals surface area contributed by atoms with Gasteiger partial charge >= 0.3 is 6.18 Å². The van der Waals surface area contributed by atoms with Gasteiger partial charge in [0.05, 0.1) is 17.8 Å². The van der Waals surface area contributed by atoms with E-state index in [0.717, 1.165) is 30.5 Å². The number of benzene rings is 2. The predicted molar refractivity (Wildman–Crippen MR) is 117 cm³/mol. The summed E-state index contributed by atoms with van der Waals surface area (Å²) in [7, 11) is 1.79. The molecule has 0 spiro atoms. The van der Waals surface area contributed by atoms with Crippen LogP contribution in [-0.2, 0) is 22.4 Å². The van der Waals surface area contributed by atoms with Crippen LogP contribution in [0.25, 0.3) is 0 Å². The molecule has 0 aromatic heterocycles. The van der Waals surface area contributed by atoms with E-state index in [4.69, 9.17) is 4.74 Å². The molecule has 1 aliphatic carbocycles. The highest BCUT2D eigenvalue weighted by Crippen LogP contribution is 2.48. The lowest BCUT2D eigenvalue weighted by atomic mass is 9.82. The van der Waals surface area contributed by atoms with Crippen LogP contribution in [0.3, 0.4) is 0 Å². The number of rotatable bonds is 6. The zero-order valence-corrected chi connectivity index (χ0v) is 19.1. The molecule has 0 N–H and O–H groups in total. The molecule has 2 aliphatic rings. The number of likely N-dealkylation sites (tertiary alicyclic amines) is 1. The lowest BCUT2D eigenvalue weighted by Gasteiger charge is -2.34. The van der Waals surface area contributed by atoms with E-state index in [1.54, 1.807) is 31.0 Å². The summed E-state index contributed by atoms with van der Waals surface area (Å²) in [5.41, 5.74) is 0.184. The van der Waals surface area contributed by atoms with Gasteiger partial charge in [0.15, 0.2) is 0 Å². The molecule has 8 heteroatoms. The fraction of sp³-hybridized carbons (Fsp3) is 0.500. The third-order valence-corrected chi connectivity index (χ3v) is 7.29. The topological polar surface area (TPSA) is 29.5 Å². The van der Waals surface area contributed by atoms with Crippen LogP contribution in [0, 0.1) is 11.7 Å². The minimum atomic E-state index is -4.59. The van der Waals surface area contributed by atoms with E-state index < -0.39 is 24.5 Å². The molecule has 184 valence electrons. The van der Waals surface area contributed by atoms with Crippen molar-refractivity contribution in [1.29, 1.82) is 0 Å². The standard InChI is InChI=1S/C26H28F5NO2/c1-15(18-11-16(14-27)12-19(13-18)26(29,30)31)34-23-9-7-21(22-8-10-24(33)32(22)2)25(23)17-3-5-20(28)6-4-17/h3-6,11-13,15,21-23,25H,7-10,14H2,1-2H3/t15-,21+,22-,23+,25+/m1/s1. The molecule has 34 heavy (non-hydrogen) atoms. The monoisotopic (exact) mass is 481 g/mol. The molecule has 0 bridgehead atoms. The van der Waals surface area contributed by atoms with Gasteiger partial charge in [-0.1, -0.05) is 18.2 Å². The van der Waals surface area contributed by atoms with Crippen LogP contribution in [0.5, 0.6) is 0 Å². The van der Waals surface area contributed by atoms with Crippen LogP contribution < -0.4 is 0 Å². The maximum atomic E-state index is 13.6. The fourth-order valence-electron chi connectivity index (χ4n) is 5.59. The Kier molecular flexibility index (Phi) is 6.99. The lowest BCUT2D eigenvalue weighted by molar-refractivity contribution is -0.137. The van der Waals surface area contributed by atoms with Gasteiger partial charge in [-0.15, -0.1) is 0 Å². The Morgan fingerprint density at radius 1 is 1.09 bits per heavy atom. The number of carbonyl (C=O) groups is 1. The Labute approximate surface area is 195 Å². The number of halogens is 5. The van der Waals surface area contributed by atoms with Gasteiger partial charge in [0.1, 0.15) is 12.5 Å². The van der Waals surface area contributed by atoms with E-state index in [9.17, 15) is 26.7 Å². The Morgan fingerprint density at radius 2 is 1.79 bits per heavy atom. The van der Waals surface area contributed by atoms with E-state index in [0.29, 0.717) is 12.8 Å². The number of carbonyl (C=O) groups excluding carboxylic acids is 1. The van der Waals surface area contributed by atoms with Gasteiger partial charge in [-0.3, -0.25) is 4.79 Å². The fourth-order valence-corrected chi connectivity index (χ4v) is 5.59. The zero-order valence-electron chi connectivity index (χ0n) is 19.1. The molecule has 0 unspecified atom stereocenters. The van der Waals surface area contributed by atoms with Crippen molar-refractivity contribution in [2.24, 2.45) is 5.92 Å². The first-order valence-electron chi connectivity index (χ1n) is 11.5. The largest absolute Gasteiger partial charge is 0.416 e. The third-order valence-electron chi connectivity index (χ3n) is 7.29. The first kappa shape index (κ1) is 24.6. The highest BCUT2D eigenvalue weighted by molar-refractivity contribution is 5.78. The average Bonchev–Trinajstić information content (AvgIpc) is 3.36. The van der Waals surface area contributed by atoms with Crippen LogP contribution in [0.1, 0.15) is 66.9 Å². The number of nitrogens with zero attached hydrogens (tertiary/aromatic N) is 1. The molecule has 1 heterocycles. The normalized spacial score (nSPS) is 26.3. The number of alkyl halides is 4. The first-order valence-corrected chi connectivity index (χ1v) is 11.5. The maximum Gasteiger partial charge on any atom is 0.416 e. The van der Waals surface area contributed by atoms with Crippen LogP contribution in [0.4, 0.5) is 22.0 Å². The van der Waals surface area contributed by atoms with Gasteiger partial charge in [-0.25, -0.2) is 8.78 Å². The van der Waals surface area contributed by atoms with Crippen molar-refractivity contribution >= 4 is 5.91 Å². The molecule has 2 aromatic rings. The van der Waals surface area contributed by atoms with Crippen molar-refractivity contribution in [2.75, 3.05) is 7.05 Å². The summed E-state index contributed by atoms with van der Waals surface area (Å²) in [5.74, 6) is -0.335. The van der Waals surface area contributed by atoms with E-state index in [1.807, 2.05) is 0 Å². The quantitative estimate of drug-likeness (QED) is 0.437. The second kappa shape index (κ2) is 9.64. The summed E-state index contributed by atoms with van der Waals surface area (Å²) in [5, 5.41) is 0. The molecule has 1 aliphatic heterocycles. The summed E-state index contributed by atoms with van der Waals surface area (Å²) in [6.45, 7) is 0.660. The predicted octanol–water partition coefficient (Wildman–Crippen LogP) is 6.57. The Bertz CT molecular complexity index is 1020. The summed E-state index contributed by atoms with van der Waals surface area (Å²) in [4.78, 5) is 13.9. The van der Waals surface area contributed by atoms with Crippen molar-refractivity contribution in [3.8, 4) is 0 Å². The van der Waals surface area contributed by atoms with Crippen LogP contribution in [0.15, 0.2) is 42.5 Å². The molecule has 4 rings (SSSR count). The molecular weight excluding hydrogens is 453 g/mol. The summed E-state index contributed by atoms with van der Waals surface area (Å²) in [6.07, 6.45) is -2.99. The Hall–Kier alpha value is -2.48. The van der Waals surface area contributed by atoms with E-state index >= 15 is 0 Å². The van der Waals surface area contributed by atoms with E-state index in [-0.39, 0.29) is 46.8 Å². The molecule has 1 saturated heterocycles. The van der Waals surface area contributed by atoms with Crippen molar-refractivity contribution in [3.05, 3.63) is 70.5 Å². The minimum absolute atomic E-state index is 0.0261. The van der Waals surface area contributed by atoms with Gasteiger partial charge in [-0.05, 0) is 73.1 Å². The Morgan fingerprint density at radius 3 is 2.38 bits per heavy atom. The number of ether oxygens (including phenoxy) is 1. The second-order valence-electron chi connectivity index (χ2n) is 9.34. The van der Waals surface area contributed by atoms with Gasteiger partial charge in [0.2, 0.25) is 5.91 Å². The van der Waals surface area contributed by atoms with Gasteiger partial charge in [0, 0.05) is 25.4 Å². The minimum Gasteiger partial charge on any atom is -0.370 e. The van der Waals surface area contributed by atoms with Gasteiger partial charge in [0.25, 0.3) is 0 Å². The molecule has 1 amide bonds. The summed E-state index contributed by atoms with van der Waals surface area (Å²) >= 11 is 0. The number of hydrogen-bond acceptors (Lipinski definition) is 2. The van der Waals surface area contributed by atoms with E-state index in [1.165, 1.54) is 18.2 Å². The molecule has 2 fully saturated rings. The number of amides is 1. The van der Waals surface area contributed by atoms with E-state index in [2.05, 4.69) is 0 Å². The maximum absolute atomic E-state index is 13.6. The van der Waals surface area contributed by atoms with Crippen molar-refractivity contribution in [2.45, 2.75) is 69.6 Å². The summed E-state index contributed by atoms with van der Waals surface area (Å²) in [6, 6.07) is 9.44. The molecule has 1 saturated carbocycles. The first-order chi connectivity index (χ1) is 16.1. The molecular formula is C26H28F5NO2. The summed E-state index contributed by atoms with van der Waals surface area (Å²) < 4.78 is 73.2. The third kappa shape index (κ3) is 4.97. The smallest absolute Gasteiger partial charge is 0.370 e. The van der Waals surface area contributed by atoms with Crippen molar-refractivity contribution in [3.63, 3.8) is 0 Å². The lowest BCUT2D eigenvalue weighted by Crippen LogP contribution is -2.37. The molecule has 2 aromatic carbocycles. The van der Waals surface area contributed by atoms with Crippen LogP contribution >= 0.6 is 0 Å². The molecule has 3 nitrogen and oxygen atoms in total. The highest BCUT2D eigenvalue weighted by Gasteiger charge is 2.46.